The van der Waals surface area contributed by atoms with Gasteiger partial charge in [0.05, 0.1) is 23.8 Å². The fraction of sp³-hybridized carbons (Fsp3) is 0.154. The van der Waals surface area contributed by atoms with Crippen molar-refractivity contribution in [2.24, 2.45) is 0 Å². The molecule has 0 atom stereocenters. The summed E-state index contributed by atoms with van der Waals surface area (Å²) < 4.78 is 12.0. The van der Waals surface area contributed by atoms with Crippen molar-refractivity contribution in [3.63, 3.8) is 0 Å². The van der Waals surface area contributed by atoms with Crippen LogP contribution in [0.5, 0.6) is 11.5 Å². The van der Waals surface area contributed by atoms with Crippen LogP contribution < -0.4 is 14.4 Å². The summed E-state index contributed by atoms with van der Waals surface area (Å²) in [6.07, 6.45) is 2.61. The standard InChI is InChI=1S/C26H22ClNO3S2/c1-18-3-9-21(10-4-18)28-25(29)24(33-26(28)32)17-19-5-11-22(12-6-19)30-15-2-16-31-23-13-7-20(27)8-14-23/h3-14,17H,2,15-16H2,1H3. The lowest BCUT2D eigenvalue weighted by molar-refractivity contribution is -0.113. The van der Waals surface area contributed by atoms with Gasteiger partial charge in [0.15, 0.2) is 4.32 Å². The van der Waals surface area contributed by atoms with Crippen LogP contribution in [0.2, 0.25) is 5.02 Å². The van der Waals surface area contributed by atoms with Crippen molar-refractivity contribution in [1.82, 2.24) is 0 Å². The first-order chi connectivity index (χ1) is 16.0. The Hall–Kier alpha value is -2.80. The Morgan fingerprint density at radius 1 is 0.909 bits per heavy atom. The number of hydrogen-bond acceptors (Lipinski definition) is 5. The molecule has 1 aliphatic rings. The van der Waals surface area contributed by atoms with E-state index in [1.165, 1.54) is 11.8 Å². The monoisotopic (exact) mass is 495 g/mol. The second-order valence-corrected chi connectivity index (χ2v) is 9.54. The van der Waals surface area contributed by atoms with Crippen molar-refractivity contribution < 1.29 is 14.3 Å². The van der Waals surface area contributed by atoms with E-state index in [1.807, 2.05) is 73.7 Å². The third kappa shape index (κ3) is 6.16. The molecule has 1 heterocycles. The van der Waals surface area contributed by atoms with E-state index in [9.17, 15) is 4.79 Å². The van der Waals surface area contributed by atoms with Crippen LogP contribution in [0.15, 0.2) is 77.7 Å². The molecule has 0 N–H and O–H groups in total. The molecule has 0 radical (unpaired) electrons. The Bertz CT molecular complexity index is 1160. The maximum atomic E-state index is 12.9. The molecule has 3 aromatic carbocycles. The zero-order chi connectivity index (χ0) is 23.2. The lowest BCUT2D eigenvalue weighted by Gasteiger charge is -2.14. The van der Waals surface area contributed by atoms with Gasteiger partial charge in [0.1, 0.15) is 11.5 Å². The summed E-state index contributed by atoms with van der Waals surface area (Å²) >= 11 is 12.6. The highest BCUT2D eigenvalue weighted by Crippen LogP contribution is 2.36. The number of benzene rings is 3. The van der Waals surface area contributed by atoms with Crippen LogP contribution in [-0.4, -0.2) is 23.4 Å². The van der Waals surface area contributed by atoms with Crippen LogP contribution in [0.1, 0.15) is 17.5 Å². The molecular weight excluding hydrogens is 474 g/mol. The smallest absolute Gasteiger partial charge is 0.270 e. The average Bonchev–Trinajstić information content (AvgIpc) is 3.09. The summed E-state index contributed by atoms with van der Waals surface area (Å²) in [5.41, 5.74) is 2.84. The number of amides is 1. The highest BCUT2D eigenvalue weighted by molar-refractivity contribution is 8.27. The normalized spacial score (nSPS) is 14.7. The zero-order valence-corrected chi connectivity index (χ0v) is 20.4. The fourth-order valence-electron chi connectivity index (χ4n) is 3.17. The molecule has 1 fully saturated rings. The average molecular weight is 496 g/mol. The molecule has 3 aromatic rings. The van der Waals surface area contributed by atoms with Gasteiger partial charge < -0.3 is 9.47 Å². The summed E-state index contributed by atoms with van der Waals surface area (Å²) in [6.45, 7) is 3.11. The van der Waals surface area contributed by atoms with Crippen LogP contribution in [-0.2, 0) is 4.79 Å². The number of hydrogen-bond donors (Lipinski definition) is 0. The molecule has 168 valence electrons. The number of thioether (sulfide) groups is 1. The lowest BCUT2D eigenvalue weighted by atomic mass is 10.2. The van der Waals surface area contributed by atoms with Gasteiger partial charge in [-0.3, -0.25) is 9.69 Å². The first kappa shape index (κ1) is 23.4. The second-order valence-electron chi connectivity index (χ2n) is 7.43. The van der Waals surface area contributed by atoms with E-state index in [-0.39, 0.29) is 5.91 Å². The highest BCUT2D eigenvalue weighted by atomic mass is 35.5. The first-order valence-corrected chi connectivity index (χ1v) is 12.1. The molecule has 4 nitrogen and oxygen atoms in total. The van der Waals surface area contributed by atoms with Gasteiger partial charge in [-0.25, -0.2) is 0 Å². The van der Waals surface area contributed by atoms with E-state index >= 15 is 0 Å². The fourth-order valence-corrected chi connectivity index (χ4v) is 4.59. The molecule has 0 bridgehead atoms. The van der Waals surface area contributed by atoms with Crippen LogP contribution in [0.25, 0.3) is 6.08 Å². The summed E-state index contributed by atoms with van der Waals surface area (Å²) in [6, 6.07) is 22.7. The molecule has 33 heavy (non-hydrogen) atoms. The van der Waals surface area contributed by atoms with Crippen LogP contribution in [0, 0.1) is 6.92 Å². The van der Waals surface area contributed by atoms with Gasteiger partial charge in [0, 0.05) is 11.4 Å². The molecule has 0 aliphatic carbocycles. The molecule has 0 saturated carbocycles. The molecule has 1 saturated heterocycles. The van der Waals surface area contributed by atoms with Gasteiger partial charge in [-0.1, -0.05) is 65.4 Å². The van der Waals surface area contributed by atoms with Crippen molar-refractivity contribution >= 4 is 57.6 Å². The van der Waals surface area contributed by atoms with Crippen molar-refractivity contribution in [1.29, 1.82) is 0 Å². The predicted molar refractivity (Wildman–Crippen MR) is 140 cm³/mol. The number of halogens is 1. The maximum Gasteiger partial charge on any atom is 0.270 e. The van der Waals surface area contributed by atoms with E-state index < -0.39 is 0 Å². The maximum absolute atomic E-state index is 12.9. The van der Waals surface area contributed by atoms with E-state index in [2.05, 4.69) is 0 Å². The van der Waals surface area contributed by atoms with E-state index in [1.54, 1.807) is 17.0 Å². The summed E-state index contributed by atoms with van der Waals surface area (Å²) in [4.78, 5) is 15.1. The minimum Gasteiger partial charge on any atom is -0.493 e. The number of thiocarbonyl (C=S) groups is 1. The molecule has 0 spiro atoms. The Balaban J connectivity index is 1.29. The quantitative estimate of drug-likeness (QED) is 0.193. The molecule has 0 aromatic heterocycles. The third-order valence-corrected chi connectivity index (χ3v) is 6.46. The SMILES string of the molecule is Cc1ccc(N2C(=O)C(=Cc3ccc(OCCCOc4ccc(Cl)cc4)cc3)SC2=S)cc1. The third-order valence-electron chi connectivity index (χ3n) is 4.90. The molecule has 4 rings (SSSR count). The predicted octanol–water partition coefficient (Wildman–Crippen LogP) is 6.90. The number of carbonyl (C=O) groups is 1. The minimum atomic E-state index is -0.102. The Kier molecular flexibility index (Phi) is 7.70. The van der Waals surface area contributed by atoms with E-state index in [0.717, 1.165) is 34.7 Å². The number of aryl methyl sites for hydroxylation is 1. The number of anilines is 1. The van der Waals surface area contributed by atoms with Crippen molar-refractivity contribution in [3.05, 3.63) is 93.9 Å². The van der Waals surface area contributed by atoms with Crippen LogP contribution >= 0.6 is 35.6 Å². The van der Waals surface area contributed by atoms with Gasteiger partial charge in [-0.15, -0.1) is 0 Å². The lowest BCUT2D eigenvalue weighted by Crippen LogP contribution is -2.27. The van der Waals surface area contributed by atoms with Gasteiger partial charge in [-0.2, -0.15) is 0 Å². The summed E-state index contributed by atoms with van der Waals surface area (Å²) in [7, 11) is 0. The van der Waals surface area contributed by atoms with Crippen LogP contribution in [0.3, 0.4) is 0 Å². The Morgan fingerprint density at radius 2 is 1.48 bits per heavy atom. The molecule has 1 amide bonds. The minimum absolute atomic E-state index is 0.102. The van der Waals surface area contributed by atoms with Crippen molar-refractivity contribution in [2.45, 2.75) is 13.3 Å². The summed E-state index contributed by atoms with van der Waals surface area (Å²) in [5, 5.41) is 0.687. The largest absolute Gasteiger partial charge is 0.493 e. The second kappa shape index (κ2) is 10.9. The molecule has 0 unspecified atom stereocenters. The molecule has 1 aliphatic heterocycles. The number of nitrogens with zero attached hydrogens (tertiary/aromatic N) is 1. The topological polar surface area (TPSA) is 38.8 Å². The first-order valence-electron chi connectivity index (χ1n) is 10.5. The van der Waals surface area contributed by atoms with Gasteiger partial charge in [0.2, 0.25) is 0 Å². The zero-order valence-electron chi connectivity index (χ0n) is 18.0. The molecule has 7 heteroatoms. The highest BCUT2D eigenvalue weighted by Gasteiger charge is 2.33. The number of carbonyl (C=O) groups excluding carboxylic acids is 1. The Labute approximate surface area is 208 Å². The molecular formula is C26H22ClNO3S2. The number of rotatable bonds is 8. The Morgan fingerprint density at radius 3 is 2.09 bits per heavy atom. The van der Waals surface area contributed by atoms with E-state index in [0.29, 0.717) is 27.5 Å². The summed E-state index contributed by atoms with van der Waals surface area (Å²) in [5.74, 6) is 1.46. The van der Waals surface area contributed by atoms with Gasteiger partial charge in [-0.05, 0) is 67.1 Å². The van der Waals surface area contributed by atoms with Crippen molar-refractivity contribution in [3.8, 4) is 11.5 Å². The van der Waals surface area contributed by atoms with Gasteiger partial charge >= 0.3 is 0 Å². The van der Waals surface area contributed by atoms with Crippen molar-refractivity contribution in [2.75, 3.05) is 18.1 Å². The van der Waals surface area contributed by atoms with Gasteiger partial charge in [0.25, 0.3) is 5.91 Å². The van der Waals surface area contributed by atoms with E-state index in [4.69, 9.17) is 33.3 Å². The van der Waals surface area contributed by atoms with Crippen LogP contribution in [0.4, 0.5) is 5.69 Å². The number of ether oxygens (including phenoxy) is 2.